The molecule has 0 aliphatic heterocycles. The lowest BCUT2D eigenvalue weighted by Gasteiger charge is -2.11. The van der Waals surface area contributed by atoms with Crippen LogP contribution in [0.2, 0.25) is 5.02 Å². The highest BCUT2D eigenvalue weighted by Gasteiger charge is 2.21. The predicted molar refractivity (Wildman–Crippen MR) is 58.1 cm³/mol. The van der Waals surface area contributed by atoms with Gasteiger partial charge in [0.25, 0.3) is 0 Å². The second-order valence-corrected chi connectivity index (χ2v) is 4.00. The molecule has 0 saturated carbocycles. The molecule has 0 aromatic heterocycles. The Labute approximate surface area is 84.2 Å². The summed E-state index contributed by atoms with van der Waals surface area (Å²) in [7, 11) is 0. The average molecular weight is 193 g/mol. The van der Waals surface area contributed by atoms with Crippen molar-refractivity contribution in [3.05, 3.63) is 39.9 Å². The van der Waals surface area contributed by atoms with Crippen molar-refractivity contribution < 1.29 is 0 Å². The maximum atomic E-state index is 6.11. The second-order valence-electron chi connectivity index (χ2n) is 3.59. The van der Waals surface area contributed by atoms with Gasteiger partial charge in [-0.1, -0.05) is 42.3 Å². The molecule has 0 spiro atoms. The van der Waals surface area contributed by atoms with Gasteiger partial charge < -0.3 is 0 Å². The molecule has 0 nitrogen and oxygen atoms in total. The van der Waals surface area contributed by atoms with Gasteiger partial charge in [-0.3, -0.25) is 0 Å². The molecule has 1 aliphatic rings. The fourth-order valence-corrected chi connectivity index (χ4v) is 2.36. The van der Waals surface area contributed by atoms with Crippen LogP contribution >= 0.6 is 11.6 Å². The average Bonchev–Trinajstić information content (AvgIpc) is 2.43. The molecule has 13 heavy (non-hydrogen) atoms. The summed E-state index contributed by atoms with van der Waals surface area (Å²) in [5.74, 6) is 0.591. The highest BCUT2D eigenvalue weighted by Crippen LogP contribution is 2.40. The number of fused-ring (bicyclic) bond motifs is 1. The first-order valence-electron chi connectivity index (χ1n) is 4.70. The molecular formula is C12H13Cl. The van der Waals surface area contributed by atoms with Crippen LogP contribution in [0.4, 0.5) is 0 Å². The van der Waals surface area contributed by atoms with E-state index in [-0.39, 0.29) is 0 Å². The summed E-state index contributed by atoms with van der Waals surface area (Å²) < 4.78 is 0. The minimum atomic E-state index is 0.591. The normalized spacial score (nSPS) is 19.9. The molecule has 68 valence electrons. The Morgan fingerprint density at radius 3 is 2.85 bits per heavy atom. The topological polar surface area (TPSA) is 0 Å². The smallest absolute Gasteiger partial charge is 0.0481 e. The number of rotatable bonds is 1. The lowest BCUT2D eigenvalue weighted by atomic mass is 9.94. The maximum Gasteiger partial charge on any atom is 0.0481 e. The monoisotopic (exact) mass is 192 g/mol. The van der Waals surface area contributed by atoms with Gasteiger partial charge in [0.05, 0.1) is 0 Å². The van der Waals surface area contributed by atoms with Crippen LogP contribution in [0.25, 0.3) is 6.08 Å². The molecule has 0 saturated heterocycles. The van der Waals surface area contributed by atoms with E-state index in [9.17, 15) is 0 Å². The Morgan fingerprint density at radius 1 is 1.38 bits per heavy atom. The lowest BCUT2D eigenvalue weighted by Crippen LogP contribution is -1.94. The molecule has 1 unspecified atom stereocenters. The molecule has 1 aromatic carbocycles. The zero-order valence-electron chi connectivity index (χ0n) is 7.97. The van der Waals surface area contributed by atoms with Crippen LogP contribution in [0.5, 0.6) is 0 Å². The first-order valence-corrected chi connectivity index (χ1v) is 5.08. The Bertz CT molecular complexity index is 363. The van der Waals surface area contributed by atoms with E-state index in [1.807, 2.05) is 12.1 Å². The maximum absolute atomic E-state index is 6.11. The van der Waals surface area contributed by atoms with E-state index in [0.29, 0.717) is 5.92 Å². The first kappa shape index (κ1) is 8.83. The quantitative estimate of drug-likeness (QED) is 0.624. The number of hydrogen-bond donors (Lipinski definition) is 0. The lowest BCUT2D eigenvalue weighted by molar-refractivity contribution is 0.776. The second kappa shape index (κ2) is 3.19. The van der Waals surface area contributed by atoms with Crippen molar-refractivity contribution in [1.82, 2.24) is 0 Å². The van der Waals surface area contributed by atoms with E-state index in [0.717, 1.165) is 11.4 Å². The van der Waals surface area contributed by atoms with Crippen molar-refractivity contribution in [1.29, 1.82) is 0 Å². The van der Waals surface area contributed by atoms with Crippen molar-refractivity contribution in [3.63, 3.8) is 0 Å². The molecule has 0 bridgehead atoms. The van der Waals surface area contributed by atoms with Gasteiger partial charge in [0, 0.05) is 10.9 Å². The molecule has 0 N–H and O–H groups in total. The molecular weight excluding hydrogens is 180 g/mol. The van der Waals surface area contributed by atoms with Gasteiger partial charge in [-0.05, 0) is 30.5 Å². The van der Waals surface area contributed by atoms with E-state index in [4.69, 9.17) is 11.6 Å². The number of halogens is 1. The Balaban J connectivity index is 2.57. The summed E-state index contributed by atoms with van der Waals surface area (Å²) in [6.07, 6.45) is 3.38. The molecule has 1 heteroatoms. The van der Waals surface area contributed by atoms with Crippen LogP contribution in [-0.2, 0) is 0 Å². The van der Waals surface area contributed by atoms with Crippen LogP contribution < -0.4 is 0 Å². The van der Waals surface area contributed by atoms with Crippen molar-refractivity contribution in [2.75, 3.05) is 0 Å². The Morgan fingerprint density at radius 2 is 2.15 bits per heavy atom. The molecule has 1 aromatic rings. The summed E-state index contributed by atoms with van der Waals surface area (Å²) in [6.45, 7) is 4.41. The SMILES string of the molecule is CCC1C(C)=Cc2c(Cl)cccc21. The summed E-state index contributed by atoms with van der Waals surface area (Å²) in [6, 6.07) is 6.18. The summed E-state index contributed by atoms with van der Waals surface area (Å²) >= 11 is 6.11. The molecule has 0 heterocycles. The molecule has 0 amide bonds. The van der Waals surface area contributed by atoms with Gasteiger partial charge >= 0.3 is 0 Å². The van der Waals surface area contributed by atoms with E-state index in [1.54, 1.807) is 0 Å². The predicted octanol–water partition coefficient (Wildman–Crippen LogP) is 4.25. The number of allylic oxidation sites excluding steroid dienone is 1. The van der Waals surface area contributed by atoms with Gasteiger partial charge in [-0.15, -0.1) is 0 Å². The fourth-order valence-electron chi connectivity index (χ4n) is 2.13. The number of hydrogen-bond acceptors (Lipinski definition) is 0. The van der Waals surface area contributed by atoms with Crippen LogP contribution in [0, 0.1) is 0 Å². The van der Waals surface area contributed by atoms with Crippen LogP contribution in [0.15, 0.2) is 23.8 Å². The van der Waals surface area contributed by atoms with E-state index >= 15 is 0 Å². The summed E-state index contributed by atoms with van der Waals surface area (Å²) in [4.78, 5) is 0. The zero-order valence-corrected chi connectivity index (χ0v) is 8.73. The molecule has 0 fully saturated rings. The first-order chi connectivity index (χ1) is 6.24. The van der Waals surface area contributed by atoms with Gasteiger partial charge in [0.2, 0.25) is 0 Å². The van der Waals surface area contributed by atoms with Crippen LogP contribution in [0.1, 0.15) is 37.3 Å². The fraction of sp³-hybridized carbons (Fsp3) is 0.333. The van der Waals surface area contributed by atoms with Gasteiger partial charge in [-0.25, -0.2) is 0 Å². The van der Waals surface area contributed by atoms with E-state index in [1.165, 1.54) is 16.7 Å². The van der Waals surface area contributed by atoms with E-state index < -0.39 is 0 Å². The van der Waals surface area contributed by atoms with Gasteiger partial charge in [0.15, 0.2) is 0 Å². The molecule has 1 aliphatic carbocycles. The van der Waals surface area contributed by atoms with E-state index in [2.05, 4.69) is 26.0 Å². The highest BCUT2D eigenvalue weighted by molar-refractivity contribution is 6.32. The third-order valence-electron chi connectivity index (χ3n) is 2.79. The molecule has 1 atom stereocenters. The third kappa shape index (κ3) is 1.30. The largest absolute Gasteiger partial charge is 0.0837 e. The zero-order chi connectivity index (χ0) is 9.42. The summed E-state index contributed by atoms with van der Waals surface area (Å²) in [5, 5.41) is 0.882. The van der Waals surface area contributed by atoms with Gasteiger partial charge in [-0.2, -0.15) is 0 Å². The highest BCUT2D eigenvalue weighted by atomic mass is 35.5. The Hall–Kier alpha value is -0.750. The minimum Gasteiger partial charge on any atom is -0.0837 e. The third-order valence-corrected chi connectivity index (χ3v) is 3.12. The summed E-state index contributed by atoms with van der Waals surface area (Å²) in [5.41, 5.74) is 4.06. The standard InChI is InChI=1S/C12H13Cl/c1-3-9-8(2)7-11-10(9)5-4-6-12(11)13/h4-7,9H,3H2,1-2H3. The van der Waals surface area contributed by atoms with Crippen molar-refractivity contribution >= 4 is 17.7 Å². The molecule has 0 radical (unpaired) electrons. The van der Waals surface area contributed by atoms with Crippen molar-refractivity contribution in [2.45, 2.75) is 26.2 Å². The number of benzene rings is 1. The van der Waals surface area contributed by atoms with Crippen molar-refractivity contribution in [3.8, 4) is 0 Å². The van der Waals surface area contributed by atoms with Crippen molar-refractivity contribution in [2.24, 2.45) is 0 Å². The minimum absolute atomic E-state index is 0.591. The molecule has 2 rings (SSSR count). The van der Waals surface area contributed by atoms with Crippen LogP contribution in [0.3, 0.4) is 0 Å². The van der Waals surface area contributed by atoms with Gasteiger partial charge in [0.1, 0.15) is 0 Å². The van der Waals surface area contributed by atoms with Crippen LogP contribution in [-0.4, -0.2) is 0 Å². The Kier molecular flexibility index (Phi) is 2.17.